The molecule has 2 aromatic heterocycles. The molecule has 0 unspecified atom stereocenters. The van der Waals surface area contributed by atoms with Gasteiger partial charge in [-0.25, -0.2) is 28.5 Å². The second-order valence-corrected chi connectivity index (χ2v) is 6.40. The Kier molecular flexibility index (Phi) is 4.56. The summed E-state index contributed by atoms with van der Waals surface area (Å²) in [7, 11) is 0. The lowest BCUT2D eigenvalue weighted by molar-refractivity contribution is 0.160. The van der Waals surface area contributed by atoms with Crippen molar-refractivity contribution in [1.82, 2.24) is 19.9 Å². The average Bonchev–Trinajstić information content (AvgIpc) is 2.63. The topological polar surface area (TPSA) is 97.0 Å². The van der Waals surface area contributed by atoms with Gasteiger partial charge in [-0.15, -0.1) is 0 Å². The van der Waals surface area contributed by atoms with Crippen LogP contribution in [0.15, 0.2) is 48.8 Å². The van der Waals surface area contributed by atoms with Gasteiger partial charge in [-0.05, 0) is 30.3 Å². The van der Waals surface area contributed by atoms with Crippen LogP contribution in [0.3, 0.4) is 0 Å². The molecule has 1 saturated heterocycles. The molecular formula is C19H16F2N6O. The van der Waals surface area contributed by atoms with Crippen molar-refractivity contribution in [3.8, 4) is 11.3 Å². The molecule has 0 atom stereocenters. The number of anilines is 2. The van der Waals surface area contributed by atoms with Crippen LogP contribution in [-0.4, -0.2) is 39.0 Å². The Morgan fingerprint density at radius 1 is 1.14 bits per heavy atom. The van der Waals surface area contributed by atoms with Gasteiger partial charge in [0.2, 0.25) is 0 Å². The van der Waals surface area contributed by atoms with Crippen LogP contribution in [0, 0.1) is 11.6 Å². The standard InChI is InChI=1S/C19H16F2N6O/c20-12-2-3-13(14(21)8-12)16-5-4-15(22)18(25-16)26-19(28)27-9-11(10-27)17-23-6-1-7-24-17/h1-8,11H,9-10,22H2,(H,25,26,28). The fourth-order valence-corrected chi connectivity index (χ4v) is 2.93. The number of benzene rings is 1. The predicted molar refractivity (Wildman–Crippen MR) is 99.4 cm³/mol. The molecule has 142 valence electrons. The summed E-state index contributed by atoms with van der Waals surface area (Å²) < 4.78 is 27.1. The molecule has 0 spiro atoms. The monoisotopic (exact) mass is 382 g/mol. The van der Waals surface area contributed by atoms with Crippen molar-refractivity contribution in [1.29, 1.82) is 0 Å². The summed E-state index contributed by atoms with van der Waals surface area (Å²) in [5.74, 6) is -0.538. The molecule has 4 rings (SSSR count). The first-order chi connectivity index (χ1) is 13.5. The van der Waals surface area contributed by atoms with Crippen molar-refractivity contribution in [2.45, 2.75) is 5.92 Å². The van der Waals surface area contributed by atoms with Crippen LogP contribution in [0.5, 0.6) is 0 Å². The van der Waals surface area contributed by atoms with Crippen molar-refractivity contribution < 1.29 is 13.6 Å². The fourth-order valence-electron chi connectivity index (χ4n) is 2.93. The number of aromatic nitrogens is 3. The Balaban J connectivity index is 1.47. The van der Waals surface area contributed by atoms with Crippen molar-refractivity contribution in [3.63, 3.8) is 0 Å². The van der Waals surface area contributed by atoms with E-state index in [1.165, 1.54) is 18.2 Å². The number of nitrogens with zero attached hydrogens (tertiary/aromatic N) is 4. The maximum absolute atomic E-state index is 14.0. The van der Waals surface area contributed by atoms with Crippen LogP contribution in [-0.2, 0) is 0 Å². The minimum Gasteiger partial charge on any atom is -0.396 e. The van der Waals surface area contributed by atoms with E-state index in [4.69, 9.17) is 5.73 Å². The highest BCUT2D eigenvalue weighted by molar-refractivity contribution is 5.92. The van der Waals surface area contributed by atoms with Gasteiger partial charge in [-0.1, -0.05) is 0 Å². The zero-order chi connectivity index (χ0) is 19.7. The molecule has 9 heteroatoms. The van der Waals surface area contributed by atoms with Gasteiger partial charge in [0, 0.05) is 37.1 Å². The van der Waals surface area contributed by atoms with Gasteiger partial charge in [0.05, 0.1) is 17.3 Å². The summed E-state index contributed by atoms with van der Waals surface area (Å²) in [5.41, 5.74) is 6.48. The quantitative estimate of drug-likeness (QED) is 0.726. The summed E-state index contributed by atoms with van der Waals surface area (Å²) in [6, 6.07) is 7.58. The van der Waals surface area contributed by atoms with Crippen LogP contribution >= 0.6 is 0 Å². The number of nitrogens with two attached hydrogens (primary N) is 1. The Bertz CT molecular complexity index is 1020. The molecule has 1 fully saturated rings. The molecule has 1 aromatic carbocycles. The summed E-state index contributed by atoms with van der Waals surface area (Å²) in [4.78, 5) is 26.6. The first-order valence-electron chi connectivity index (χ1n) is 8.56. The highest BCUT2D eigenvalue weighted by Crippen LogP contribution is 2.28. The van der Waals surface area contributed by atoms with E-state index in [1.807, 2.05) is 0 Å². The molecule has 7 nitrogen and oxygen atoms in total. The van der Waals surface area contributed by atoms with Crippen LogP contribution < -0.4 is 11.1 Å². The smallest absolute Gasteiger partial charge is 0.323 e. The van der Waals surface area contributed by atoms with Gasteiger partial charge >= 0.3 is 6.03 Å². The van der Waals surface area contributed by atoms with E-state index in [-0.39, 0.29) is 34.7 Å². The Morgan fingerprint density at radius 3 is 2.61 bits per heavy atom. The molecule has 2 amide bonds. The summed E-state index contributed by atoms with van der Waals surface area (Å²) >= 11 is 0. The zero-order valence-electron chi connectivity index (χ0n) is 14.6. The van der Waals surface area contributed by atoms with E-state index in [9.17, 15) is 13.6 Å². The average molecular weight is 382 g/mol. The third-order valence-corrected chi connectivity index (χ3v) is 4.48. The molecule has 0 bridgehead atoms. The molecule has 1 aliphatic heterocycles. The maximum Gasteiger partial charge on any atom is 0.323 e. The van der Waals surface area contributed by atoms with Crippen LogP contribution in [0.1, 0.15) is 11.7 Å². The number of carbonyl (C=O) groups excluding carboxylic acids is 1. The number of nitrogens with one attached hydrogen (secondary N) is 1. The van der Waals surface area contributed by atoms with Crippen molar-refractivity contribution in [2.75, 3.05) is 24.1 Å². The number of hydrogen-bond donors (Lipinski definition) is 2. The van der Waals surface area contributed by atoms with Crippen LogP contribution in [0.25, 0.3) is 11.3 Å². The van der Waals surface area contributed by atoms with E-state index in [0.29, 0.717) is 18.9 Å². The number of nitrogen functional groups attached to an aromatic ring is 1. The minimum atomic E-state index is -0.747. The lowest BCUT2D eigenvalue weighted by atomic mass is 10.00. The van der Waals surface area contributed by atoms with E-state index >= 15 is 0 Å². The fraction of sp³-hybridized carbons (Fsp3) is 0.158. The number of pyridine rings is 1. The Hall–Kier alpha value is -3.62. The molecule has 1 aliphatic rings. The lowest BCUT2D eigenvalue weighted by Gasteiger charge is -2.37. The van der Waals surface area contributed by atoms with E-state index in [0.717, 1.165) is 12.1 Å². The third kappa shape index (κ3) is 3.46. The van der Waals surface area contributed by atoms with Gasteiger partial charge < -0.3 is 10.6 Å². The van der Waals surface area contributed by atoms with Gasteiger partial charge in [-0.2, -0.15) is 0 Å². The molecular weight excluding hydrogens is 366 g/mol. The van der Waals surface area contributed by atoms with Crippen molar-refractivity contribution >= 4 is 17.5 Å². The largest absolute Gasteiger partial charge is 0.396 e. The number of urea groups is 1. The normalized spacial score (nSPS) is 13.9. The van der Waals surface area contributed by atoms with Gasteiger partial charge in [0.1, 0.15) is 17.5 Å². The molecule has 3 heterocycles. The first kappa shape index (κ1) is 17.8. The van der Waals surface area contributed by atoms with Gasteiger partial charge in [0.15, 0.2) is 5.82 Å². The molecule has 0 radical (unpaired) electrons. The molecule has 3 N–H and O–H groups in total. The number of hydrogen-bond acceptors (Lipinski definition) is 5. The highest BCUT2D eigenvalue weighted by atomic mass is 19.1. The maximum atomic E-state index is 14.0. The Morgan fingerprint density at radius 2 is 1.89 bits per heavy atom. The number of amides is 2. The number of halogens is 2. The second kappa shape index (κ2) is 7.18. The predicted octanol–water partition coefficient (Wildman–Crippen LogP) is 3.03. The number of rotatable bonds is 3. The summed E-state index contributed by atoms with van der Waals surface area (Å²) in [6.07, 6.45) is 3.32. The van der Waals surface area contributed by atoms with Crippen molar-refractivity contribution in [3.05, 3.63) is 66.3 Å². The lowest BCUT2D eigenvalue weighted by Crippen LogP contribution is -2.50. The minimum absolute atomic E-state index is 0.0805. The van der Waals surface area contributed by atoms with Gasteiger partial charge in [-0.3, -0.25) is 5.32 Å². The summed E-state index contributed by atoms with van der Waals surface area (Å²) in [5, 5.41) is 2.64. The first-order valence-corrected chi connectivity index (χ1v) is 8.56. The van der Waals surface area contributed by atoms with Gasteiger partial charge in [0.25, 0.3) is 0 Å². The van der Waals surface area contributed by atoms with E-state index in [2.05, 4.69) is 20.3 Å². The summed E-state index contributed by atoms with van der Waals surface area (Å²) in [6.45, 7) is 0.948. The van der Waals surface area contributed by atoms with E-state index in [1.54, 1.807) is 23.4 Å². The molecule has 0 aliphatic carbocycles. The van der Waals surface area contributed by atoms with Crippen molar-refractivity contribution in [2.24, 2.45) is 0 Å². The molecule has 28 heavy (non-hydrogen) atoms. The number of carbonyl (C=O) groups is 1. The second-order valence-electron chi connectivity index (χ2n) is 6.40. The van der Waals surface area contributed by atoms with E-state index < -0.39 is 11.6 Å². The Labute approximate surface area is 159 Å². The van der Waals surface area contributed by atoms with Crippen LogP contribution in [0.4, 0.5) is 25.1 Å². The third-order valence-electron chi connectivity index (χ3n) is 4.48. The zero-order valence-corrected chi connectivity index (χ0v) is 14.6. The SMILES string of the molecule is Nc1ccc(-c2ccc(F)cc2F)nc1NC(=O)N1CC(c2ncccn2)C1. The number of likely N-dealkylation sites (tertiary alicyclic amines) is 1. The molecule has 3 aromatic rings. The highest BCUT2D eigenvalue weighted by Gasteiger charge is 2.33. The van der Waals surface area contributed by atoms with Crippen LogP contribution in [0.2, 0.25) is 0 Å². The molecule has 0 saturated carbocycles.